The van der Waals surface area contributed by atoms with E-state index in [2.05, 4.69) is 5.32 Å². The highest BCUT2D eigenvalue weighted by atomic mass is 35.5. The molecule has 0 bridgehead atoms. The third kappa shape index (κ3) is 4.54. The summed E-state index contributed by atoms with van der Waals surface area (Å²) in [6, 6.07) is 1.81. The Hall–Kier alpha value is -0.890. The molecule has 1 aromatic rings. The molecule has 0 unspecified atom stereocenters. The van der Waals surface area contributed by atoms with Crippen molar-refractivity contribution in [3.8, 4) is 0 Å². The monoisotopic (exact) mass is 328 g/mol. The van der Waals surface area contributed by atoms with Crippen molar-refractivity contribution in [3.05, 3.63) is 35.1 Å². The van der Waals surface area contributed by atoms with E-state index in [4.69, 9.17) is 0 Å². The van der Waals surface area contributed by atoms with Crippen LogP contribution in [0, 0.1) is 5.82 Å². The second-order valence-corrected chi connectivity index (χ2v) is 4.76. The van der Waals surface area contributed by atoms with E-state index in [-0.39, 0.29) is 24.6 Å². The third-order valence-corrected chi connectivity index (χ3v) is 3.40. The summed E-state index contributed by atoms with van der Waals surface area (Å²) >= 11 is 0. The molecule has 0 spiro atoms. The van der Waals surface area contributed by atoms with Crippen molar-refractivity contribution in [2.75, 3.05) is 32.8 Å². The van der Waals surface area contributed by atoms with Gasteiger partial charge in [0, 0.05) is 26.2 Å². The van der Waals surface area contributed by atoms with E-state index in [0.29, 0.717) is 32.2 Å². The summed E-state index contributed by atoms with van der Waals surface area (Å²) in [6.45, 7) is 2.24. The molecule has 8 heteroatoms. The second kappa shape index (κ2) is 7.40. The summed E-state index contributed by atoms with van der Waals surface area (Å²) < 4.78 is 51.5. The minimum absolute atomic E-state index is 0. The van der Waals surface area contributed by atoms with Gasteiger partial charge >= 0.3 is 6.18 Å². The highest BCUT2D eigenvalue weighted by molar-refractivity contribution is 5.85. The number of alkyl halides is 3. The topological polar surface area (TPSA) is 35.5 Å². The first-order chi connectivity index (χ1) is 9.41. The van der Waals surface area contributed by atoms with Crippen LogP contribution in [0.25, 0.3) is 0 Å². The maximum Gasteiger partial charge on any atom is 0.416 e. The van der Waals surface area contributed by atoms with Crippen LogP contribution < -0.4 is 5.32 Å². The van der Waals surface area contributed by atoms with E-state index < -0.39 is 23.6 Å². The van der Waals surface area contributed by atoms with Gasteiger partial charge in [-0.15, -0.1) is 12.4 Å². The van der Waals surface area contributed by atoms with E-state index in [1.807, 2.05) is 4.90 Å². The molecule has 0 radical (unpaired) electrons. The van der Waals surface area contributed by atoms with Crippen LogP contribution in [-0.4, -0.2) is 42.8 Å². The maximum absolute atomic E-state index is 13.4. The number of nitrogens with one attached hydrogen (secondary N) is 1. The standard InChI is InChI=1S/C13H16F4N2O.ClH/c14-11-6-9(5-10(7-11)13(15,16)17)12(8-20)19-3-1-18-2-4-19;/h5-7,12,18,20H,1-4,8H2;1H/t12-;/m0./s1. The number of benzene rings is 1. The largest absolute Gasteiger partial charge is 0.416 e. The predicted molar refractivity (Wildman–Crippen MR) is 72.9 cm³/mol. The van der Waals surface area contributed by atoms with Gasteiger partial charge in [-0.2, -0.15) is 13.2 Å². The normalized spacial score (nSPS) is 18.1. The lowest BCUT2D eigenvalue weighted by molar-refractivity contribution is -0.137. The fourth-order valence-corrected chi connectivity index (χ4v) is 2.39. The quantitative estimate of drug-likeness (QED) is 0.835. The fourth-order valence-electron chi connectivity index (χ4n) is 2.39. The molecular weight excluding hydrogens is 312 g/mol. The Morgan fingerprint density at radius 3 is 2.33 bits per heavy atom. The number of aliphatic hydroxyl groups is 1. The zero-order chi connectivity index (χ0) is 14.8. The molecule has 1 saturated heterocycles. The van der Waals surface area contributed by atoms with Gasteiger partial charge in [0.2, 0.25) is 0 Å². The molecular formula is C13H17ClF4N2O. The van der Waals surface area contributed by atoms with Gasteiger partial charge in [0.15, 0.2) is 0 Å². The van der Waals surface area contributed by atoms with E-state index in [1.165, 1.54) is 0 Å². The zero-order valence-corrected chi connectivity index (χ0v) is 12.0. The molecule has 21 heavy (non-hydrogen) atoms. The van der Waals surface area contributed by atoms with Crippen molar-refractivity contribution in [3.63, 3.8) is 0 Å². The predicted octanol–water partition coefficient (Wildman–Crippen LogP) is 2.20. The number of piperazine rings is 1. The summed E-state index contributed by atoms with van der Waals surface area (Å²) in [6.07, 6.45) is -4.60. The molecule has 1 fully saturated rings. The average molecular weight is 329 g/mol. The Morgan fingerprint density at radius 1 is 1.19 bits per heavy atom. The first-order valence-corrected chi connectivity index (χ1v) is 6.35. The third-order valence-electron chi connectivity index (χ3n) is 3.40. The Labute approximate surface area is 126 Å². The summed E-state index contributed by atoms with van der Waals surface area (Å²) in [7, 11) is 0. The SMILES string of the molecule is Cl.OC[C@@H](c1cc(F)cc(C(F)(F)F)c1)N1CCNCC1. The summed E-state index contributed by atoms with van der Waals surface area (Å²) in [5, 5.41) is 12.6. The van der Waals surface area contributed by atoms with Gasteiger partial charge in [-0.05, 0) is 23.8 Å². The molecule has 1 atom stereocenters. The van der Waals surface area contributed by atoms with E-state index in [1.54, 1.807) is 0 Å². The van der Waals surface area contributed by atoms with Crippen molar-refractivity contribution in [2.45, 2.75) is 12.2 Å². The molecule has 2 N–H and O–H groups in total. The molecule has 1 aliphatic rings. The van der Waals surface area contributed by atoms with Crippen LogP contribution in [0.3, 0.4) is 0 Å². The summed E-state index contributed by atoms with van der Waals surface area (Å²) in [5.41, 5.74) is -0.872. The van der Waals surface area contributed by atoms with Crippen LogP contribution >= 0.6 is 12.4 Å². The number of rotatable bonds is 3. The lowest BCUT2D eigenvalue weighted by Gasteiger charge is -2.34. The van der Waals surface area contributed by atoms with Crippen LogP contribution in [0.4, 0.5) is 17.6 Å². The molecule has 2 rings (SSSR count). The van der Waals surface area contributed by atoms with Gasteiger partial charge in [-0.1, -0.05) is 0 Å². The zero-order valence-electron chi connectivity index (χ0n) is 11.2. The number of halogens is 5. The summed E-state index contributed by atoms with van der Waals surface area (Å²) in [4.78, 5) is 1.85. The van der Waals surface area contributed by atoms with Crippen LogP contribution in [-0.2, 0) is 6.18 Å². The molecule has 120 valence electrons. The lowest BCUT2D eigenvalue weighted by atomic mass is 10.0. The van der Waals surface area contributed by atoms with E-state index in [9.17, 15) is 22.7 Å². The van der Waals surface area contributed by atoms with Gasteiger partial charge in [-0.25, -0.2) is 4.39 Å². The van der Waals surface area contributed by atoms with Gasteiger partial charge in [0.25, 0.3) is 0 Å². The molecule has 1 aromatic carbocycles. The number of hydrogen-bond donors (Lipinski definition) is 2. The number of hydrogen-bond acceptors (Lipinski definition) is 3. The maximum atomic E-state index is 13.4. The smallest absolute Gasteiger partial charge is 0.394 e. The lowest BCUT2D eigenvalue weighted by Crippen LogP contribution is -2.46. The molecule has 0 saturated carbocycles. The Balaban J connectivity index is 0.00000220. The van der Waals surface area contributed by atoms with Crippen molar-refractivity contribution in [2.24, 2.45) is 0 Å². The first kappa shape index (κ1) is 18.2. The van der Waals surface area contributed by atoms with Crippen molar-refractivity contribution < 1.29 is 22.7 Å². The molecule has 0 amide bonds. The molecule has 3 nitrogen and oxygen atoms in total. The van der Waals surface area contributed by atoms with Crippen LogP contribution in [0.5, 0.6) is 0 Å². The average Bonchev–Trinajstić information content (AvgIpc) is 2.39. The van der Waals surface area contributed by atoms with Gasteiger partial charge in [0.1, 0.15) is 5.82 Å². The molecule has 1 aliphatic heterocycles. The van der Waals surface area contributed by atoms with E-state index >= 15 is 0 Å². The molecule has 1 heterocycles. The minimum atomic E-state index is -4.60. The molecule has 0 aromatic heterocycles. The van der Waals surface area contributed by atoms with Gasteiger partial charge in [-0.3, -0.25) is 4.90 Å². The number of aliphatic hydroxyl groups excluding tert-OH is 1. The van der Waals surface area contributed by atoms with Crippen LogP contribution in [0.2, 0.25) is 0 Å². The second-order valence-electron chi connectivity index (χ2n) is 4.76. The Kier molecular flexibility index (Phi) is 6.40. The summed E-state index contributed by atoms with van der Waals surface area (Å²) in [5.74, 6) is -0.941. The first-order valence-electron chi connectivity index (χ1n) is 6.35. The minimum Gasteiger partial charge on any atom is -0.394 e. The van der Waals surface area contributed by atoms with Crippen molar-refractivity contribution in [1.82, 2.24) is 10.2 Å². The Bertz CT molecular complexity index is 464. The molecule has 0 aliphatic carbocycles. The van der Waals surface area contributed by atoms with Crippen molar-refractivity contribution in [1.29, 1.82) is 0 Å². The number of nitrogens with zero attached hydrogens (tertiary/aromatic N) is 1. The van der Waals surface area contributed by atoms with Gasteiger partial charge < -0.3 is 10.4 Å². The van der Waals surface area contributed by atoms with Crippen LogP contribution in [0.1, 0.15) is 17.2 Å². The van der Waals surface area contributed by atoms with Gasteiger partial charge in [0.05, 0.1) is 18.2 Å². The highest BCUT2D eigenvalue weighted by Gasteiger charge is 2.32. The van der Waals surface area contributed by atoms with Crippen molar-refractivity contribution >= 4 is 12.4 Å². The fraction of sp³-hybridized carbons (Fsp3) is 0.538. The van der Waals surface area contributed by atoms with E-state index in [0.717, 1.165) is 12.1 Å². The Morgan fingerprint density at radius 2 is 1.81 bits per heavy atom. The van der Waals surface area contributed by atoms with Crippen LogP contribution in [0.15, 0.2) is 18.2 Å². The highest BCUT2D eigenvalue weighted by Crippen LogP contribution is 2.32.